The minimum Gasteiger partial charge on any atom is -0.360 e. The van der Waals surface area contributed by atoms with E-state index < -0.39 is 0 Å². The van der Waals surface area contributed by atoms with Crippen LogP contribution in [0.5, 0.6) is 0 Å². The molecule has 0 saturated heterocycles. The molecule has 0 aliphatic rings. The van der Waals surface area contributed by atoms with Crippen molar-refractivity contribution in [3.63, 3.8) is 0 Å². The number of aryl methyl sites for hydroxylation is 2. The molecule has 1 aromatic heterocycles. The number of rotatable bonds is 6. The highest BCUT2D eigenvalue weighted by Gasteiger charge is 2.06. The van der Waals surface area contributed by atoms with E-state index in [1.807, 2.05) is 25.1 Å². The minimum atomic E-state index is 0.783. The van der Waals surface area contributed by atoms with E-state index in [0.29, 0.717) is 0 Å². The van der Waals surface area contributed by atoms with Crippen molar-refractivity contribution < 1.29 is 0 Å². The molecule has 0 aliphatic heterocycles. The predicted molar refractivity (Wildman–Crippen MR) is 89.4 cm³/mol. The second-order valence-electron chi connectivity index (χ2n) is 5.43. The molecular weight excluding hydrogens is 260 g/mol. The van der Waals surface area contributed by atoms with Gasteiger partial charge < -0.3 is 10.2 Å². The van der Waals surface area contributed by atoms with E-state index in [2.05, 4.69) is 53.2 Å². The summed E-state index contributed by atoms with van der Waals surface area (Å²) in [6, 6.07) is 10.3. The van der Waals surface area contributed by atoms with Crippen molar-refractivity contribution in [3.05, 3.63) is 41.7 Å². The first-order valence-corrected chi connectivity index (χ1v) is 7.49. The molecule has 1 heterocycles. The molecule has 1 aromatic carbocycles. The fourth-order valence-corrected chi connectivity index (χ4v) is 2.19. The normalized spacial score (nSPS) is 10.5. The third-order valence-corrected chi connectivity index (χ3v) is 3.35. The Bertz CT molecular complexity index is 595. The third-order valence-electron chi connectivity index (χ3n) is 3.35. The van der Waals surface area contributed by atoms with E-state index in [4.69, 9.17) is 0 Å². The molecule has 0 amide bonds. The SMILES string of the molecule is CCCCN(C)c1cc(Nc2cccc(C)c2)nc(C)n1. The van der Waals surface area contributed by atoms with Crippen molar-refractivity contribution in [1.82, 2.24) is 9.97 Å². The first-order chi connectivity index (χ1) is 10.1. The van der Waals surface area contributed by atoms with Gasteiger partial charge in [0, 0.05) is 25.3 Å². The van der Waals surface area contributed by atoms with Crippen LogP contribution in [0.4, 0.5) is 17.3 Å². The molecule has 4 heteroatoms. The third kappa shape index (κ3) is 4.45. The molecule has 0 aliphatic carbocycles. The Hall–Kier alpha value is -2.10. The summed E-state index contributed by atoms with van der Waals surface area (Å²) in [5.74, 6) is 2.59. The van der Waals surface area contributed by atoms with Gasteiger partial charge in [0.2, 0.25) is 0 Å². The van der Waals surface area contributed by atoms with E-state index in [1.54, 1.807) is 0 Å². The second-order valence-corrected chi connectivity index (χ2v) is 5.43. The molecule has 0 saturated carbocycles. The second kappa shape index (κ2) is 7.07. The van der Waals surface area contributed by atoms with Crippen molar-refractivity contribution in [2.24, 2.45) is 0 Å². The summed E-state index contributed by atoms with van der Waals surface area (Å²) in [7, 11) is 2.08. The number of benzene rings is 1. The number of aromatic nitrogens is 2. The van der Waals surface area contributed by atoms with Gasteiger partial charge in [0.15, 0.2) is 0 Å². The lowest BCUT2D eigenvalue weighted by atomic mass is 10.2. The summed E-state index contributed by atoms with van der Waals surface area (Å²) >= 11 is 0. The molecular formula is C17H24N4. The van der Waals surface area contributed by atoms with Gasteiger partial charge in [0.05, 0.1) is 0 Å². The number of nitrogens with zero attached hydrogens (tertiary/aromatic N) is 3. The predicted octanol–water partition coefficient (Wildman–Crippen LogP) is 4.07. The summed E-state index contributed by atoms with van der Waals surface area (Å²) in [6.45, 7) is 7.22. The van der Waals surface area contributed by atoms with E-state index in [0.717, 1.165) is 29.7 Å². The summed E-state index contributed by atoms with van der Waals surface area (Å²) < 4.78 is 0. The van der Waals surface area contributed by atoms with Crippen LogP contribution >= 0.6 is 0 Å². The first kappa shape index (κ1) is 15.3. The monoisotopic (exact) mass is 284 g/mol. The van der Waals surface area contributed by atoms with E-state index >= 15 is 0 Å². The van der Waals surface area contributed by atoms with E-state index in [9.17, 15) is 0 Å². The number of anilines is 3. The highest BCUT2D eigenvalue weighted by Crippen LogP contribution is 2.20. The molecule has 0 unspecified atom stereocenters. The smallest absolute Gasteiger partial charge is 0.136 e. The van der Waals surface area contributed by atoms with Gasteiger partial charge in [-0.2, -0.15) is 0 Å². The Kier molecular flexibility index (Phi) is 5.14. The van der Waals surface area contributed by atoms with Crippen molar-refractivity contribution in [1.29, 1.82) is 0 Å². The van der Waals surface area contributed by atoms with Crippen LogP contribution in [0.2, 0.25) is 0 Å². The molecule has 112 valence electrons. The van der Waals surface area contributed by atoms with E-state index in [1.165, 1.54) is 18.4 Å². The topological polar surface area (TPSA) is 41.0 Å². The van der Waals surface area contributed by atoms with Crippen LogP contribution in [0.25, 0.3) is 0 Å². The molecule has 2 rings (SSSR count). The Balaban J connectivity index is 2.18. The summed E-state index contributed by atoms with van der Waals surface area (Å²) in [5, 5.41) is 3.36. The lowest BCUT2D eigenvalue weighted by Crippen LogP contribution is -2.20. The van der Waals surface area contributed by atoms with Crippen LogP contribution in [0, 0.1) is 13.8 Å². The van der Waals surface area contributed by atoms with E-state index in [-0.39, 0.29) is 0 Å². The quantitative estimate of drug-likeness (QED) is 0.868. The molecule has 0 spiro atoms. The first-order valence-electron chi connectivity index (χ1n) is 7.49. The van der Waals surface area contributed by atoms with Gasteiger partial charge in [0.25, 0.3) is 0 Å². The standard InChI is InChI=1S/C17H24N4/c1-5-6-10-21(4)17-12-16(18-14(3)19-17)20-15-9-7-8-13(2)11-15/h7-9,11-12H,5-6,10H2,1-4H3,(H,18,19,20). The molecule has 21 heavy (non-hydrogen) atoms. The van der Waals surface area contributed by atoms with Gasteiger partial charge in [0.1, 0.15) is 17.5 Å². The van der Waals surface area contributed by atoms with Crippen molar-refractivity contribution in [3.8, 4) is 0 Å². The zero-order valence-electron chi connectivity index (χ0n) is 13.3. The Labute approximate surface area is 127 Å². The molecule has 0 radical (unpaired) electrons. The Morgan fingerprint density at radius 1 is 1.14 bits per heavy atom. The maximum atomic E-state index is 4.52. The molecule has 2 aromatic rings. The van der Waals surface area contributed by atoms with Crippen molar-refractivity contribution in [2.75, 3.05) is 23.8 Å². The van der Waals surface area contributed by atoms with Gasteiger partial charge in [-0.15, -0.1) is 0 Å². The van der Waals surface area contributed by atoms with Crippen LogP contribution in [0.15, 0.2) is 30.3 Å². The molecule has 0 fully saturated rings. The summed E-state index contributed by atoms with van der Waals surface area (Å²) in [6.07, 6.45) is 2.35. The maximum Gasteiger partial charge on any atom is 0.136 e. The number of unbranched alkanes of at least 4 members (excludes halogenated alkanes) is 1. The van der Waals surface area contributed by atoms with Gasteiger partial charge in [-0.3, -0.25) is 0 Å². The average Bonchev–Trinajstić information content (AvgIpc) is 2.44. The molecule has 0 atom stereocenters. The zero-order chi connectivity index (χ0) is 15.2. The highest BCUT2D eigenvalue weighted by atomic mass is 15.2. The van der Waals surface area contributed by atoms with Crippen molar-refractivity contribution in [2.45, 2.75) is 33.6 Å². The number of hydrogen-bond acceptors (Lipinski definition) is 4. The van der Waals surface area contributed by atoms with Crippen LogP contribution in [-0.4, -0.2) is 23.6 Å². The fourth-order valence-electron chi connectivity index (χ4n) is 2.19. The number of nitrogens with one attached hydrogen (secondary N) is 1. The van der Waals surface area contributed by atoms with Crippen LogP contribution in [-0.2, 0) is 0 Å². The van der Waals surface area contributed by atoms with Crippen LogP contribution in [0.1, 0.15) is 31.2 Å². The zero-order valence-corrected chi connectivity index (χ0v) is 13.3. The summed E-state index contributed by atoms with van der Waals surface area (Å²) in [5.41, 5.74) is 2.28. The lowest BCUT2D eigenvalue weighted by molar-refractivity contribution is 0.756. The molecule has 0 bridgehead atoms. The molecule has 1 N–H and O–H groups in total. The van der Waals surface area contributed by atoms with Crippen LogP contribution in [0.3, 0.4) is 0 Å². The average molecular weight is 284 g/mol. The maximum absolute atomic E-state index is 4.52. The summed E-state index contributed by atoms with van der Waals surface area (Å²) in [4.78, 5) is 11.2. The fraction of sp³-hybridized carbons (Fsp3) is 0.412. The number of hydrogen-bond donors (Lipinski definition) is 1. The highest BCUT2D eigenvalue weighted by molar-refractivity contribution is 5.60. The van der Waals surface area contributed by atoms with Crippen LogP contribution < -0.4 is 10.2 Å². The Morgan fingerprint density at radius 3 is 2.67 bits per heavy atom. The molecule has 4 nitrogen and oxygen atoms in total. The van der Waals surface area contributed by atoms with Gasteiger partial charge in [-0.25, -0.2) is 9.97 Å². The minimum absolute atomic E-state index is 0.783. The van der Waals surface area contributed by atoms with Gasteiger partial charge in [-0.1, -0.05) is 25.5 Å². The Morgan fingerprint density at radius 2 is 1.95 bits per heavy atom. The largest absolute Gasteiger partial charge is 0.360 e. The van der Waals surface area contributed by atoms with Gasteiger partial charge in [-0.05, 0) is 38.0 Å². The lowest BCUT2D eigenvalue weighted by Gasteiger charge is -2.19. The van der Waals surface area contributed by atoms with Crippen molar-refractivity contribution >= 4 is 17.3 Å². The van der Waals surface area contributed by atoms with Gasteiger partial charge >= 0.3 is 0 Å².